The maximum atomic E-state index is 11.7. The molecule has 6 heteroatoms. The van der Waals surface area contributed by atoms with Gasteiger partial charge in [-0.15, -0.1) is 0 Å². The van der Waals surface area contributed by atoms with Crippen LogP contribution in [-0.4, -0.2) is 42.5 Å². The highest BCUT2D eigenvalue weighted by molar-refractivity contribution is 5.78. The van der Waals surface area contributed by atoms with Gasteiger partial charge in [0.2, 0.25) is 11.8 Å². The summed E-state index contributed by atoms with van der Waals surface area (Å²) in [5.74, 6) is 1.35. The van der Waals surface area contributed by atoms with E-state index in [2.05, 4.69) is 10.3 Å². The first-order chi connectivity index (χ1) is 11.0. The van der Waals surface area contributed by atoms with Crippen molar-refractivity contribution in [2.24, 2.45) is 0 Å². The number of hydrogen-bond donors (Lipinski definition) is 1. The number of rotatable bonds is 7. The molecule has 2 aromatic rings. The van der Waals surface area contributed by atoms with Gasteiger partial charge in [-0.2, -0.15) is 0 Å². The fourth-order valence-corrected chi connectivity index (χ4v) is 2.19. The van der Waals surface area contributed by atoms with Gasteiger partial charge in [-0.25, -0.2) is 4.98 Å². The van der Waals surface area contributed by atoms with Crippen LogP contribution in [0.15, 0.2) is 34.9 Å². The Hall–Kier alpha value is -2.34. The van der Waals surface area contributed by atoms with Crippen molar-refractivity contribution in [2.45, 2.75) is 26.4 Å². The predicted octanol–water partition coefficient (Wildman–Crippen LogP) is 2.31. The standard InChI is InChI=1S/C17H23N3O3/c1-12(2)18-16(21)10-20(3)9-14-11-23-17(19-14)13-5-7-15(22-4)8-6-13/h5-8,11-12H,9-10H2,1-4H3,(H,18,21). The molecule has 1 N–H and O–H groups in total. The minimum absolute atomic E-state index is 0.00127. The number of likely N-dealkylation sites (N-methyl/N-ethyl adjacent to an activating group) is 1. The lowest BCUT2D eigenvalue weighted by Gasteiger charge is -2.15. The van der Waals surface area contributed by atoms with E-state index in [1.54, 1.807) is 13.4 Å². The highest BCUT2D eigenvalue weighted by Crippen LogP contribution is 2.22. The molecule has 23 heavy (non-hydrogen) atoms. The lowest BCUT2D eigenvalue weighted by Crippen LogP contribution is -2.38. The number of ether oxygens (including phenoxy) is 1. The maximum absolute atomic E-state index is 11.7. The first-order valence-corrected chi connectivity index (χ1v) is 7.54. The zero-order chi connectivity index (χ0) is 16.8. The van der Waals surface area contributed by atoms with Crippen molar-refractivity contribution < 1.29 is 13.9 Å². The Kier molecular flexibility index (Phi) is 5.76. The minimum Gasteiger partial charge on any atom is -0.497 e. The zero-order valence-corrected chi connectivity index (χ0v) is 14.0. The van der Waals surface area contributed by atoms with Gasteiger partial charge >= 0.3 is 0 Å². The SMILES string of the molecule is COc1ccc(-c2nc(CN(C)CC(=O)NC(C)C)co2)cc1. The molecule has 0 bridgehead atoms. The summed E-state index contributed by atoms with van der Waals surface area (Å²) in [5.41, 5.74) is 1.67. The number of benzene rings is 1. The van der Waals surface area contributed by atoms with Crippen LogP contribution in [0.25, 0.3) is 11.5 Å². The molecule has 6 nitrogen and oxygen atoms in total. The van der Waals surface area contributed by atoms with Gasteiger partial charge in [0.25, 0.3) is 0 Å². The summed E-state index contributed by atoms with van der Waals surface area (Å²) in [6.45, 7) is 4.75. The van der Waals surface area contributed by atoms with Crippen LogP contribution in [0.1, 0.15) is 19.5 Å². The topological polar surface area (TPSA) is 67.6 Å². The Morgan fingerprint density at radius 3 is 2.65 bits per heavy atom. The molecule has 0 saturated heterocycles. The summed E-state index contributed by atoms with van der Waals surface area (Å²) in [6.07, 6.45) is 1.62. The number of nitrogens with one attached hydrogen (secondary N) is 1. The fourth-order valence-electron chi connectivity index (χ4n) is 2.19. The van der Waals surface area contributed by atoms with Crippen LogP contribution in [0.4, 0.5) is 0 Å². The van der Waals surface area contributed by atoms with Gasteiger partial charge in [0.05, 0.1) is 19.3 Å². The van der Waals surface area contributed by atoms with E-state index in [4.69, 9.17) is 9.15 Å². The molecule has 0 saturated carbocycles. The largest absolute Gasteiger partial charge is 0.497 e. The van der Waals surface area contributed by atoms with Gasteiger partial charge in [-0.1, -0.05) is 0 Å². The van der Waals surface area contributed by atoms with Gasteiger partial charge in [0, 0.05) is 18.2 Å². The third kappa shape index (κ3) is 5.10. The summed E-state index contributed by atoms with van der Waals surface area (Å²) < 4.78 is 10.6. The molecule has 2 rings (SSSR count). The average Bonchev–Trinajstić information content (AvgIpc) is 2.94. The Bertz CT molecular complexity index is 635. The second kappa shape index (κ2) is 7.78. The Labute approximate surface area is 136 Å². The number of nitrogens with zero attached hydrogens (tertiary/aromatic N) is 2. The quantitative estimate of drug-likeness (QED) is 0.849. The van der Waals surface area contributed by atoms with Gasteiger partial charge < -0.3 is 14.5 Å². The van der Waals surface area contributed by atoms with Crippen LogP contribution in [0.2, 0.25) is 0 Å². The maximum Gasteiger partial charge on any atom is 0.234 e. The molecule has 1 heterocycles. The molecule has 0 aliphatic rings. The van der Waals surface area contributed by atoms with Crippen LogP contribution in [0, 0.1) is 0 Å². The van der Waals surface area contributed by atoms with Crippen molar-refractivity contribution in [3.63, 3.8) is 0 Å². The molecule has 0 unspecified atom stereocenters. The van der Waals surface area contributed by atoms with Gasteiger partial charge in [0.1, 0.15) is 12.0 Å². The van der Waals surface area contributed by atoms with E-state index in [9.17, 15) is 4.79 Å². The van der Waals surface area contributed by atoms with Gasteiger partial charge in [0.15, 0.2) is 0 Å². The Balaban J connectivity index is 1.94. The van der Waals surface area contributed by atoms with Crippen LogP contribution in [0.5, 0.6) is 5.75 Å². The van der Waals surface area contributed by atoms with Crippen molar-refractivity contribution in [1.82, 2.24) is 15.2 Å². The summed E-state index contributed by atoms with van der Waals surface area (Å²) in [5, 5.41) is 2.86. The molecule has 0 atom stereocenters. The summed E-state index contributed by atoms with van der Waals surface area (Å²) in [7, 11) is 3.51. The second-order valence-electron chi connectivity index (χ2n) is 5.77. The Morgan fingerprint density at radius 2 is 2.04 bits per heavy atom. The first-order valence-electron chi connectivity index (χ1n) is 7.54. The molecule has 0 fully saturated rings. The monoisotopic (exact) mass is 317 g/mol. The van der Waals surface area contributed by atoms with E-state index in [-0.39, 0.29) is 11.9 Å². The average molecular weight is 317 g/mol. The second-order valence-corrected chi connectivity index (χ2v) is 5.77. The molecule has 1 aromatic carbocycles. The first kappa shape index (κ1) is 17.0. The van der Waals surface area contributed by atoms with E-state index in [1.165, 1.54) is 0 Å². The number of hydrogen-bond acceptors (Lipinski definition) is 5. The zero-order valence-electron chi connectivity index (χ0n) is 14.0. The molecule has 0 aliphatic carbocycles. The molecule has 0 radical (unpaired) electrons. The third-order valence-electron chi connectivity index (χ3n) is 3.18. The van der Waals surface area contributed by atoms with Crippen LogP contribution >= 0.6 is 0 Å². The van der Waals surface area contributed by atoms with Crippen molar-refractivity contribution in [3.8, 4) is 17.2 Å². The highest BCUT2D eigenvalue weighted by atomic mass is 16.5. The van der Waals surface area contributed by atoms with E-state index in [0.29, 0.717) is 19.0 Å². The summed E-state index contributed by atoms with van der Waals surface area (Å²) >= 11 is 0. The summed E-state index contributed by atoms with van der Waals surface area (Å²) in [4.78, 5) is 18.1. The number of amides is 1. The normalized spacial score (nSPS) is 11.0. The van der Waals surface area contributed by atoms with E-state index >= 15 is 0 Å². The third-order valence-corrected chi connectivity index (χ3v) is 3.18. The van der Waals surface area contributed by atoms with Crippen molar-refractivity contribution >= 4 is 5.91 Å². The lowest BCUT2D eigenvalue weighted by atomic mass is 10.2. The molecule has 124 valence electrons. The van der Waals surface area contributed by atoms with Gasteiger partial charge in [-0.3, -0.25) is 9.69 Å². The van der Waals surface area contributed by atoms with E-state index < -0.39 is 0 Å². The van der Waals surface area contributed by atoms with Crippen molar-refractivity contribution in [2.75, 3.05) is 20.7 Å². The fraction of sp³-hybridized carbons (Fsp3) is 0.412. The van der Waals surface area contributed by atoms with Crippen molar-refractivity contribution in [3.05, 3.63) is 36.2 Å². The number of aromatic nitrogens is 1. The highest BCUT2D eigenvalue weighted by Gasteiger charge is 2.12. The Morgan fingerprint density at radius 1 is 1.35 bits per heavy atom. The van der Waals surface area contributed by atoms with Crippen LogP contribution in [0.3, 0.4) is 0 Å². The number of carbonyl (C=O) groups excluding carboxylic acids is 1. The molecular weight excluding hydrogens is 294 g/mol. The number of carbonyl (C=O) groups is 1. The number of oxazole rings is 1. The predicted molar refractivity (Wildman–Crippen MR) is 88.1 cm³/mol. The van der Waals surface area contributed by atoms with Crippen LogP contribution in [-0.2, 0) is 11.3 Å². The smallest absolute Gasteiger partial charge is 0.234 e. The molecule has 1 aromatic heterocycles. The molecule has 0 spiro atoms. The minimum atomic E-state index is 0.00127. The van der Waals surface area contributed by atoms with Gasteiger partial charge in [-0.05, 0) is 45.2 Å². The molecule has 0 aliphatic heterocycles. The van der Waals surface area contributed by atoms with E-state index in [0.717, 1.165) is 17.0 Å². The summed E-state index contributed by atoms with van der Waals surface area (Å²) in [6, 6.07) is 7.66. The molecular formula is C17H23N3O3. The van der Waals surface area contributed by atoms with Crippen molar-refractivity contribution in [1.29, 1.82) is 0 Å². The molecule has 1 amide bonds. The number of methoxy groups -OCH3 is 1. The van der Waals surface area contributed by atoms with E-state index in [1.807, 2.05) is 50.1 Å². The lowest BCUT2D eigenvalue weighted by molar-refractivity contribution is -0.122. The van der Waals surface area contributed by atoms with Crippen LogP contribution < -0.4 is 10.1 Å².